The summed E-state index contributed by atoms with van der Waals surface area (Å²) in [6.07, 6.45) is 0. The minimum absolute atomic E-state index is 0.0789. The van der Waals surface area contributed by atoms with E-state index in [1.54, 1.807) is 30.3 Å². The van der Waals surface area contributed by atoms with Crippen LogP contribution in [0.2, 0.25) is 0 Å². The van der Waals surface area contributed by atoms with Gasteiger partial charge in [-0.1, -0.05) is 12.1 Å². The van der Waals surface area contributed by atoms with Gasteiger partial charge in [-0.2, -0.15) is 0 Å². The summed E-state index contributed by atoms with van der Waals surface area (Å²) >= 11 is 0. The van der Waals surface area contributed by atoms with E-state index in [1.165, 1.54) is 40.4 Å². The molecule has 1 N–H and O–H groups in total. The second kappa shape index (κ2) is 8.74. The second-order valence-corrected chi connectivity index (χ2v) is 7.34. The minimum Gasteiger partial charge on any atom is -0.504 e. The van der Waals surface area contributed by atoms with E-state index in [1.807, 2.05) is 0 Å². The molecule has 1 aromatic heterocycles. The molecule has 0 aliphatic carbocycles. The maximum atomic E-state index is 12.6. The molecule has 8 nitrogen and oxygen atoms in total. The third kappa shape index (κ3) is 4.03. The summed E-state index contributed by atoms with van der Waals surface area (Å²) in [5, 5.41) is 11.8. The first kappa shape index (κ1) is 22.0. The third-order valence-corrected chi connectivity index (χ3v) is 5.32. The fourth-order valence-corrected chi connectivity index (χ4v) is 3.67. The number of ketones is 1. The van der Waals surface area contributed by atoms with Crippen molar-refractivity contribution in [1.82, 2.24) is 0 Å². The number of phenols is 1. The molecule has 0 amide bonds. The van der Waals surface area contributed by atoms with Crippen molar-refractivity contribution in [3.63, 3.8) is 0 Å². The van der Waals surface area contributed by atoms with Gasteiger partial charge in [0.2, 0.25) is 5.75 Å². The average molecular weight is 450 g/mol. The summed E-state index contributed by atoms with van der Waals surface area (Å²) in [5.41, 5.74) is 0.818. The van der Waals surface area contributed by atoms with Gasteiger partial charge in [-0.15, -0.1) is 0 Å². The highest BCUT2D eigenvalue weighted by atomic mass is 16.5. The first-order valence-corrected chi connectivity index (χ1v) is 10.0. The van der Waals surface area contributed by atoms with Gasteiger partial charge in [0, 0.05) is 22.4 Å². The van der Waals surface area contributed by atoms with E-state index in [2.05, 4.69) is 0 Å². The van der Waals surface area contributed by atoms with Crippen LogP contribution in [-0.4, -0.2) is 32.2 Å². The first-order chi connectivity index (χ1) is 15.9. The van der Waals surface area contributed by atoms with Crippen LogP contribution in [0.1, 0.15) is 22.8 Å². The normalized spacial score (nSPS) is 10.9. The molecule has 33 heavy (non-hydrogen) atoms. The van der Waals surface area contributed by atoms with Crippen molar-refractivity contribution in [2.75, 3.05) is 21.3 Å². The van der Waals surface area contributed by atoms with Crippen LogP contribution in [0.4, 0.5) is 0 Å². The molecular formula is C25H22O8. The Kier molecular flexibility index (Phi) is 5.83. The summed E-state index contributed by atoms with van der Waals surface area (Å²) in [6.45, 7) is 1.52. The van der Waals surface area contributed by atoms with Crippen LogP contribution in [0.3, 0.4) is 0 Å². The Bertz CT molecular complexity index is 1430. The number of hydrogen-bond donors (Lipinski definition) is 1. The molecule has 0 aliphatic heterocycles. The molecule has 0 unspecified atom stereocenters. The molecule has 0 atom stereocenters. The van der Waals surface area contributed by atoms with Gasteiger partial charge in [-0.25, -0.2) is 4.79 Å². The van der Waals surface area contributed by atoms with Gasteiger partial charge in [-0.3, -0.25) is 4.79 Å². The van der Waals surface area contributed by atoms with E-state index in [4.69, 9.17) is 23.4 Å². The van der Waals surface area contributed by atoms with Gasteiger partial charge in [0.15, 0.2) is 28.8 Å². The van der Waals surface area contributed by atoms with E-state index in [0.717, 1.165) is 0 Å². The van der Waals surface area contributed by atoms with Gasteiger partial charge in [0.25, 0.3) is 0 Å². The highest BCUT2D eigenvalue weighted by molar-refractivity contribution is 6.07. The fraction of sp³-hybridized carbons (Fsp3) is 0.200. The van der Waals surface area contributed by atoms with E-state index in [-0.39, 0.29) is 23.9 Å². The molecule has 0 saturated heterocycles. The van der Waals surface area contributed by atoms with Crippen molar-refractivity contribution in [1.29, 1.82) is 0 Å². The largest absolute Gasteiger partial charge is 0.504 e. The molecular weight excluding hydrogens is 428 g/mol. The Balaban J connectivity index is 1.75. The van der Waals surface area contributed by atoms with E-state index >= 15 is 0 Å². The number of phenolic OH excluding ortho intramolecular Hbond substituents is 1. The molecule has 8 heteroatoms. The summed E-state index contributed by atoms with van der Waals surface area (Å²) in [7, 11) is 4.41. The van der Waals surface area contributed by atoms with Gasteiger partial charge in [0.1, 0.15) is 12.2 Å². The zero-order chi connectivity index (χ0) is 23.7. The monoisotopic (exact) mass is 450 g/mol. The number of rotatable bonds is 7. The predicted octanol–water partition coefficient (Wildman–Crippen LogP) is 4.46. The molecule has 4 rings (SSSR count). The zero-order valence-corrected chi connectivity index (χ0v) is 18.6. The highest BCUT2D eigenvalue weighted by Gasteiger charge is 2.16. The Morgan fingerprint density at radius 3 is 2.30 bits per heavy atom. The van der Waals surface area contributed by atoms with Crippen LogP contribution in [0.5, 0.6) is 28.7 Å². The Hall–Kier alpha value is -4.20. The van der Waals surface area contributed by atoms with E-state index < -0.39 is 5.63 Å². The molecule has 170 valence electrons. The second-order valence-electron chi connectivity index (χ2n) is 7.34. The quantitative estimate of drug-likeness (QED) is 0.250. The molecule has 3 aromatic carbocycles. The molecule has 0 bridgehead atoms. The maximum absolute atomic E-state index is 12.6. The highest BCUT2D eigenvalue weighted by Crippen LogP contribution is 2.39. The lowest BCUT2D eigenvalue weighted by molar-refractivity contribution is 0.101. The van der Waals surface area contributed by atoms with Crippen molar-refractivity contribution in [3.8, 4) is 28.7 Å². The molecule has 0 radical (unpaired) electrons. The number of hydrogen-bond acceptors (Lipinski definition) is 8. The molecule has 0 fully saturated rings. The Morgan fingerprint density at radius 2 is 1.64 bits per heavy atom. The fourth-order valence-electron chi connectivity index (χ4n) is 3.67. The standard InChI is InChI=1S/C25H22O8/c1-13(26)15-5-6-16-17-10-21(29-2)22(11-20(17)33-25(28)18(16)9-15)32-12-14-7-19(27)24(31-4)23(8-14)30-3/h5-11,27H,12H2,1-4H3. The number of carbonyl (C=O) groups excluding carboxylic acids is 1. The smallest absolute Gasteiger partial charge is 0.344 e. The van der Waals surface area contributed by atoms with E-state index in [9.17, 15) is 14.7 Å². The van der Waals surface area contributed by atoms with Gasteiger partial charge in [-0.05, 0) is 36.8 Å². The number of fused-ring (bicyclic) bond motifs is 3. The molecule has 4 aromatic rings. The van der Waals surface area contributed by atoms with Crippen molar-refractivity contribution in [2.45, 2.75) is 13.5 Å². The third-order valence-electron chi connectivity index (χ3n) is 5.32. The van der Waals surface area contributed by atoms with Crippen molar-refractivity contribution >= 4 is 27.5 Å². The Labute approximate surface area is 188 Å². The summed E-state index contributed by atoms with van der Waals surface area (Å²) in [4.78, 5) is 24.3. The summed E-state index contributed by atoms with van der Waals surface area (Å²) in [5.74, 6) is 1.15. The van der Waals surface area contributed by atoms with Gasteiger partial charge in [0.05, 0.1) is 26.7 Å². The number of benzene rings is 3. The molecule has 0 spiro atoms. The lowest BCUT2D eigenvalue weighted by Gasteiger charge is -2.14. The maximum Gasteiger partial charge on any atom is 0.344 e. The van der Waals surface area contributed by atoms with Crippen LogP contribution in [0, 0.1) is 0 Å². The van der Waals surface area contributed by atoms with Gasteiger partial charge < -0.3 is 28.5 Å². The van der Waals surface area contributed by atoms with Crippen LogP contribution < -0.4 is 24.6 Å². The van der Waals surface area contributed by atoms with Crippen LogP contribution in [0.25, 0.3) is 21.7 Å². The minimum atomic E-state index is -0.554. The van der Waals surface area contributed by atoms with Crippen LogP contribution >= 0.6 is 0 Å². The lowest BCUT2D eigenvalue weighted by atomic mass is 10.0. The SMILES string of the molecule is COc1cc2c(cc1OCc1cc(O)c(OC)c(OC)c1)oc(=O)c1cc(C(C)=O)ccc12. The molecule has 0 aliphatic rings. The predicted molar refractivity (Wildman–Crippen MR) is 122 cm³/mol. The van der Waals surface area contributed by atoms with Gasteiger partial charge >= 0.3 is 5.63 Å². The number of aromatic hydroxyl groups is 1. The molecule has 0 saturated carbocycles. The summed E-state index contributed by atoms with van der Waals surface area (Å²) < 4.78 is 27.3. The topological polar surface area (TPSA) is 104 Å². The average Bonchev–Trinajstić information content (AvgIpc) is 2.81. The number of methoxy groups -OCH3 is 3. The number of ether oxygens (including phenoxy) is 4. The number of carbonyl (C=O) groups is 1. The van der Waals surface area contributed by atoms with E-state index in [0.29, 0.717) is 50.1 Å². The van der Waals surface area contributed by atoms with Crippen molar-refractivity contribution in [3.05, 3.63) is 64.0 Å². The lowest BCUT2D eigenvalue weighted by Crippen LogP contribution is -2.03. The first-order valence-electron chi connectivity index (χ1n) is 10.0. The molecule has 1 heterocycles. The zero-order valence-electron chi connectivity index (χ0n) is 18.6. The summed E-state index contributed by atoms with van der Waals surface area (Å²) in [6, 6.07) is 11.4. The van der Waals surface area contributed by atoms with Crippen molar-refractivity contribution < 1.29 is 33.3 Å². The number of Topliss-reactive ketones (excluding diaryl/α,β-unsaturated/α-hetero) is 1. The van der Waals surface area contributed by atoms with Crippen molar-refractivity contribution in [2.24, 2.45) is 0 Å². The van der Waals surface area contributed by atoms with Crippen LogP contribution in [-0.2, 0) is 6.61 Å². The van der Waals surface area contributed by atoms with Crippen LogP contribution in [0.15, 0.2) is 51.7 Å². The Morgan fingerprint density at radius 1 is 0.879 bits per heavy atom.